The number of nitrogens with zero attached hydrogens (tertiary/aromatic N) is 6. The average molecular weight is 435 g/mol. The zero-order valence-corrected chi connectivity index (χ0v) is 17.5. The van der Waals surface area contributed by atoms with Crippen molar-refractivity contribution in [3.05, 3.63) is 81.8 Å². The van der Waals surface area contributed by atoms with Crippen LogP contribution in [0.2, 0.25) is 5.02 Å². The lowest BCUT2D eigenvalue weighted by Crippen LogP contribution is -2.21. The summed E-state index contributed by atoms with van der Waals surface area (Å²) < 4.78 is 6.85. The lowest BCUT2D eigenvalue weighted by Gasteiger charge is -2.04. The Morgan fingerprint density at radius 3 is 3.03 bits per heavy atom. The summed E-state index contributed by atoms with van der Waals surface area (Å²) >= 11 is 6.10. The molecule has 0 radical (unpaired) electrons. The smallest absolute Gasteiger partial charge is 0.263 e. The maximum Gasteiger partial charge on any atom is 0.263 e. The van der Waals surface area contributed by atoms with Crippen LogP contribution in [0, 0.1) is 5.92 Å². The van der Waals surface area contributed by atoms with E-state index in [0.29, 0.717) is 33.7 Å². The van der Waals surface area contributed by atoms with Gasteiger partial charge < -0.3 is 4.52 Å². The molecule has 0 aliphatic heterocycles. The number of rotatable bonds is 6. The zero-order chi connectivity index (χ0) is 21.4. The van der Waals surface area contributed by atoms with Crippen molar-refractivity contribution in [2.75, 3.05) is 0 Å². The highest BCUT2D eigenvalue weighted by Crippen LogP contribution is 2.48. The Kier molecular flexibility index (Phi) is 5.07. The predicted molar refractivity (Wildman–Crippen MR) is 116 cm³/mol. The van der Waals surface area contributed by atoms with E-state index in [9.17, 15) is 4.79 Å². The van der Waals surface area contributed by atoms with Crippen molar-refractivity contribution >= 4 is 28.2 Å². The van der Waals surface area contributed by atoms with Crippen molar-refractivity contribution < 1.29 is 4.52 Å². The molecule has 0 amide bonds. The summed E-state index contributed by atoms with van der Waals surface area (Å²) in [7, 11) is 0. The summed E-state index contributed by atoms with van der Waals surface area (Å²) in [6.07, 6.45) is 8.82. The molecule has 1 aliphatic rings. The van der Waals surface area contributed by atoms with E-state index in [1.54, 1.807) is 30.6 Å². The third-order valence-corrected chi connectivity index (χ3v) is 5.64. The number of hydrogen-bond donors (Lipinski definition) is 0. The van der Waals surface area contributed by atoms with Crippen LogP contribution in [0.25, 0.3) is 16.6 Å². The molecule has 9 heteroatoms. The lowest BCUT2D eigenvalue weighted by molar-refractivity contribution is 0.364. The van der Waals surface area contributed by atoms with Crippen molar-refractivity contribution in [3.63, 3.8) is 0 Å². The highest BCUT2D eigenvalue weighted by molar-refractivity contribution is 6.30. The van der Waals surface area contributed by atoms with Crippen LogP contribution in [0.4, 0.5) is 0 Å². The van der Waals surface area contributed by atoms with Crippen LogP contribution in [0.5, 0.6) is 0 Å². The van der Waals surface area contributed by atoms with Crippen LogP contribution < -0.4 is 5.56 Å². The fraction of sp³-hybridized carbons (Fsp3) is 0.273. The Labute approximate surface area is 182 Å². The van der Waals surface area contributed by atoms with Crippen molar-refractivity contribution in [2.45, 2.75) is 32.2 Å². The van der Waals surface area contributed by atoms with E-state index in [4.69, 9.17) is 16.1 Å². The molecule has 2 atom stereocenters. The van der Waals surface area contributed by atoms with Gasteiger partial charge in [0, 0.05) is 23.3 Å². The maximum absolute atomic E-state index is 12.6. The minimum Gasteiger partial charge on any atom is -0.337 e. The average Bonchev–Trinajstić information content (AvgIpc) is 3.40. The summed E-state index contributed by atoms with van der Waals surface area (Å²) in [6.45, 7) is 2.27. The monoisotopic (exact) mass is 434 g/mol. The van der Waals surface area contributed by atoms with Crippen LogP contribution in [0.15, 0.2) is 58.4 Å². The van der Waals surface area contributed by atoms with Gasteiger partial charge in [-0.2, -0.15) is 4.98 Å². The van der Waals surface area contributed by atoms with Crippen LogP contribution in [-0.4, -0.2) is 29.7 Å². The molecule has 0 aromatic carbocycles. The van der Waals surface area contributed by atoms with Gasteiger partial charge in [0.15, 0.2) is 11.5 Å². The molecule has 0 N–H and O–H groups in total. The summed E-state index contributed by atoms with van der Waals surface area (Å²) in [5.74, 6) is 1.57. The number of pyridine rings is 2. The van der Waals surface area contributed by atoms with Gasteiger partial charge in [-0.05, 0) is 48.6 Å². The van der Waals surface area contributed by atoms with Crippen molar-refractivity contribution in [3.8, 4) is 0 Å². The SMILES string of the molecule is CC/C(=C\[C@@H]1C[C@H]1c1noc(Cn2cnc3ncccc3c2=O)n1)c1cc(Cl)ccn1. The summed E-state index contributed by atoms with van der Waals surface area (Å²) in [4.78, 5) is 29.9. The fourth-order valence-electron chi connectivity index (χ4n) is 3.66. The van der Waals surface area contributed by atoms with Crippen LogP contribution in [-0.2, 0) is 6.54 Å². The first-order valence-corrected chi connectivity index (χ1v) is 10.5. The molecule has 0 unspecified atom stereocenters. The largest absolute Gasteiger partial charge is 0.337 e. The number of allylic oxidation sites excluding steroid dienone is 2. The second kappa shape index (κ2) is 8.03. The molecule has 0 bridgehead atoms. The normalized spacial score (nSPS) is 18.5. The fourth-order valence-corrected chi connectivity index (χ4v) is 3.82. The minimum absolute atomic E-state index is 0.170. The summed E-state index contributed by atoms with van der Waals surface area (Å²) in [5, 5.41) is 5.27. The van der Waals surface area contributed by atoms with Gasteiger partial charge in [0.25, 0.3) is 5.56 Å². The maximum atomic E-state index is 12.6. The molecule has 4 aromatic rings. The number of fused-ring (bicyclic) bond motifs is 1. The molecule has 1 aliphatic carbocycles. The van der Waals surface area contributed by atoms with Gasteiger partial charge in [0.1, 0.15) is 12.9 Å². The highest BCUT2D eigenvalue weighted by atomic mass is 35.5. The van der Waals surface area contributed by atoms with E-state index in [1.165, 1.54) is 10.9 Å². The van der Waals surface area contributed by atoms with Crippen molar-refractivity contribution in [1.82, 2.24) is 29.7 Å². The first kappa shape index (κ1) is 19.6. The molecule has 4 heterocycles. The number of halogens is 1. The van der Waals surface area contributed by atoms with Gasteiger partial charge in [0.05, 0.1) is 11.1 Å². The summed E-state index contributed by atoms with van der Waals surface area (Å²) in [6, 6.07) is 7.07. The lowest BCUT2D eigenvalue weighted by atomic mass is 10.1. The van der Waals surface area contributed by atoms with E-state index in [0.717, 1.165) is 24.1 Å². The van der Waals surface area contributed by atoms with Crippen molar-refractivity contribution in [2.24, 2.45) is 5.92 Å². The Balaban J connectivity index is 1.32. The third-order valence-electron chi connectivity index (χ3n) is 5.41. The quantitative estimate of drug-likeness (QED) is 0.454. The second-order valence-electron chi connectivity index (χ2n) is 7.51. The molecule has 1 fully saturated rings. The molecule has 156 valence electrons. The molecule has 5 rings (SSSR count). The van der Waals surface area contributed by atoms with Crippen LogP contribution in [0.3, 0.4) is 0 Å². The Morgan fingerprint density at radius 1 is 1.29 bits per heavy atom. The molecule has 0 saturated heterocycles. The summed E-state index contributed by atoms with van der Waals surface area (Å²) in [5.41, 5.74) is 2.28. The molecule has 1 saturated carbocycles. The van der Waals surface area contributed by atoms with Crippen LogP contribution in [0.1, 0.15) is 43.1 Å². The zero-order valence-electron chi connectivity index (χ0n) is 16.8. The number of hydrogen-bond acceptors (Lipinski definition) is 7. The predicted octanol–water partition coefficient (Wildman–Crippen LogP) is 3.87. The molecule has 31 heavy (non-hydrogen) atoms. The standard InChI is InChI=1S/C22H19ClN6O2/c1-2-13(18-10-15(23)5-7-24-18)8-14-9-17(14)21-27-19(31-28-21)11-29-12-26-20-16(22(29)30)4-3-6-25-20/h3-8,10,12,14,17H,2,9,11H2,1H3/b13-8+/t14-,17-/m1/s1. The van der Waals surface area contributed by atoms with E-state index in [-0.39, 0.29) is 18.0 Å². The van der Waals surface area contributed by atoms with E-state index in [1.807, 2.05) is 6.07 Å². The van der Waals surface area contributed by atoms with Gasteiger partial charge in [-0.25, -0.2) is 9.97 Å². The van der Waals surface area contributed by atoms with Crippen molar-refractivity contribution in [1.29, 1.82) is 0 Å². The minimum atomic E-state index is -0.188. The second-order valence-corrected chi connectivity index (χ2v) is 7.95. The first-order chi connectivity index (χ1) is 15.1. The van der Waals surface area contributed by atoms with E-state index >= 15 is 0 Å². The van der Waals surface area contributed by atoms with Gasteiger partial charge >= 0.3 is 0 Å². The molecule has 0 spiro atoms. The Bertz CT molecular complexity index is 1350. The van der Waals surface area contributed by atoms with Gasteiger partial charge in [-0.3, -0.25) is 14.3 Å². The highest BCUT2D eigenvalue weighted by Gasteiger charge is 2.40. The first-order valence-electron chi connectivity index (χ1n) is 10.1. The Hall–Kier alpha value is -3.39. The Morgan fingerprint density at radius 2 is 2.19 bits per heavy atom. The van der Waals surface area contributed by atoms with E-state index in [2.05, 4.69) is 38.1 Å². The topological polar surface area (TPSA) is 99.6 Å². The number of aromatic nitrogens is 6. The third kappa shape index (κ3) is 3.98. The van der Waals surface area contributed by atoms with Gasteiger partial charge in [-0.15, -0.1) is 0 Å². The van der Waals surface area contributed by atoms with Crippen LogP contribution >= 0.6 is 11.6 Å². The molecule has 8 nitrogen and oxygen atoms in total. The van der Waals surface area contributed by atoms with Gasteiger partial charge in [0.2, 0.25) is 5.89 Å². The molecular formula is C22H19ClN6O2. The van der Waals surface area contributed by atoms with Gasteiger partial charge in [-0.1, -0.05) is 29.8 Å². The molecule has 4 aromatic heterocycles. The van der Waals surface area contributed by atoms with E-state index < -0.39 is 0 Å². The molecular weight excluding hydrogens is 416 g/mol.